The Hall–Kier alpha value is -1.07. The molecular weight excluding hydrogens is 255 g/mol. The maximum absolute atomic E-state index is 12.6. The lowest BCUT2D eigenvalue weighted by atomic mass is 9.73. The van der Waals surface area contributed by atoms with Gasteiger partial charge in [-0.05, 0) is 24.0 Å². The van der Waals surface area contributed by atoms with Crippen molar-refractivity contribution >= 4 is 0 Å². The van der Waals surface area contributed by atoms with E-state index in [0.717, 1.165) is 12.1 Å². The number of halogens is 3. The minimum Gasteiger partial charge on any atom is -0.396 e. The first-order chi connectivity index (χ1) is 8.75. The van der Waals surface area contributed by atoms with Crippen LogP contribution in [-0.2, 0) is 12.6 Å². The van der Waals surface area contributed by atoms with Gasteiger partial charge in [0, 0.05) is 12.0 Å². The number of hydrogen-bond acceptors (Lipinski definition) is 2. The Morgan fingerprint density at radius 3 is 2.32 bits per heavy atom. The number of rotatable bonds is 5. The van der Waals surface area contributed by atoms with Crippen molar-refractivity contribution in [3.63, 3.8) is 0 Å². The van der Waals surface area contributed by atoms with Crippen molar-refractivity contribution in [2.75, 3.05) is 13.2 Å². The van der Waals surface area contributed by atoms with E-state index in [1.807, 2.05) is 13.8 Å². The highest BCUT2D eigenvalue weighted by Crippen LogP contribution is 2.33. The standard InChI is InChI=1S/C14H20F3NO/c1-10(2)13(8-18,9-19)7-11-4-3-5-12(6-11)14(15,16)17/h3-6,10,19H,7-9,18H2,1-2H3. The van der Waals surface area contributed by atoms with Crippen LogP contribution in [0.15, 0.2) is 24.3 Å². The summed E-state index contributed by atoms with van der Waals surface area (Å²) in [6.45, 7) is 3.92. The second-order valence-corrected chi connectivity index (χ2v) is 5.25. The molecule has 0 radical (unpaired) electrons. The van der Waals surface area contributed by atoms with Crippen molar-refractivity contribution in [3.05, 3.63) is 35.4 Å². The molecule has 1 rings (SSSR count). The van der Waals surface area contributed by atoms with E-state index in [1.165, 1.54) is 6.07 Å². The average molecular weight is 275 g/mol. The van der Waals surface area contributed by atoms with Gasteiger partial charge in [-0.25, -0.2) is 0 Å². The highest BCUT2D eigenvalue weighted by Gasteiger charge is 2.34. The fraction of sp³-hybridized carbons (Fsp3) is 0.571. The predicted octanol–water partition coefficient (Wildman–Crippen LogP) is 2.84. The van der Waals surface area contributed by atoms with Crippen molar-refractivity contribution < 1.29 is 18.3 Å². The molecular formula is C14H20F3NO. The van der Waals surface area contributed by atoms with Crippen LogP contribution in [0.3, 0.4) is 0 Å². The zero-order valence-electron chi connectivity index (χ0n) is 11.2. The molecule has 2 nitrogen and oxygen atoms in total. The molecule has 1 unspecified atom stereocenters. The quantitative estimate of drug-likeness (QED) is 0.868. The van der Waals surface area contributed by atoms with Crippen molar-refractivity contribution in [2.24, 2.45) is 17.1 Å². The molecule has 0 fully saturated rings. The van der Waals surface area contributed by atoms with Crippen LogP contribution in [0.1, 0.15) is 25.0 Å². The summed E-state index contributed by atoms with van der Waals surface area (Å²) in [4.78, 5) is 0. The number of aliphatic hydroxyl groups excluding tert-OH is 1. The topological polar surface area (TPSA) is 46.2 Å². The lowest BCUT2D eigenvalue weighted by Gasteiger charge is -2.35. The SMILES string of the molecule is CC(C)C(CN)(CO)Cc1cccc(C(F)(F)F)c1. The first kappa shape index (κ1) is 16.0. The van der Waals surface area contributed by atoms with E-state index >= 15 is 0 Å². The Morgan fingerprint density at radius 2 is 1.89 bits per heavy atom. The van der Waals surface area contributed by atoms with Crippen LogP contribution < -0.4 is 5.73 Å². The lowest BCUT2D eigenvalue weighted by Crippen LogP contribution is -2.41. The summed E-state index contributed by atoms with van der Waals surface area (Å²) in [6.07, 6.45) is -4.01. The second-order valence-electron chi connectivity index (χ2n) is 5.25. The Kier molecular flexibility index (Phi) is 4.98. The van der Waals surface area contributed by atoms with Gasteiger partial charge in [0.2, 0.25) is 0 Å². The second kappa shape index (κ2) is 5.92. The van der Waals surface area contributed by atoms with Crippen LogP contribution in [0.4, 0.5) is 13.2 Å². The van der Waals surface area contributed by atoms with Crippen LogP contribution in [0.5, 0.6) is 0 Å². The fourth-order valence-corrected chi connectivity index (χ4v) is 2.08. The third-order valence-electron chi connectivity index (χ3n) is 3.76. The number of aliphatic hydroxyl groups is 1. The normalized spacial score (nSPS) is 15.6. The Balaban J connectivity index is 3.05. The summed E-state index contributed by atoms with van der Waals surface area (Å²) in [5.41, 5.74) is 5.01. The summed E-state index contributed by atoms with van der Waals surface area (Å²) in [6, 6.07) is 5.19. The molecule has 19 heavy (non-hydrogen) atoms. The third-order valence-corrected chi connectivity index (χ3v) is 3.76. The maximum Gasteiger partial charge on any atom is 0.416 e. The number of alkyl halides is 3. The molecule has 0 aromatic heterocycles. The van der Waals surface area contributed by atoms with Crippen molar-refractivity contribution in [1.82, 2.24) is 0 Å². The van der Waals surface area contributed by atoms with Gasteiger partial charge in [-0.15, -0.1) is 0 Å². The number of hydrogen-bond donors (Lipinski definition) is 2. The largest absolute Gasteiger partial charge is 0.416 e. The van der Waals surface area contributed by atoms with E-state index in [-0.39, 0.29) is 19.1 Å². The molecule has 108 valence electrons. The smallest absolute Gasteiger partial charge is 0.396 e. The van der Waals surface area contributed by atoms with Gasteiger partial charge in [0.05, 0.1) is 12.2 Å². The Labute approximate surface area is 111 Å². The van der Waals surface area contributed by atoms with Gasteiger partial charge >= 0.3 is 6.18 Å². The first-order valence-corrected chi connectivity index (χ1v) is 6.22. The summed E-state index contributed by atoms with van der Waals surface area (Å²) >= 11 is 0. The highest BCUT2D eigenvalue weighted by atomic mass is 19.4. The van der Waals surface area contributed by atoms with Gasteiger partial charge in [-0.3, -0.25) is 0 Å². The minimum atomic E-state index is -4.35. The summed E-state index contributed by atoms with van der Waals surface area (Å²) in [5, 5.41) is 9.54. The molecule has 1 aromatic rings. The molecule has 0 aliphatic rings. The molecule has 0 saturated carbocycles. The van der Waals surface area contributed by atoms with Gasteiger partial charge < -0.3 is 10.8 Å². The van der Waals surface area contributed by atoms with E-state index in [9.17, 15) is 18.3 Å². The molecule has 1 aromatic carbocycles. The number of nitrogens with two attached hydrogens (primary N) is 1. The third kappa shape index (κ3) is 3.70. The van der Waals surface area contributed by atoms with Gasteiger partial charge in [0.15, 0.2) is 0 Å². The summed E-state index contributed by atoms with van der Waals surface area (Å²) in [5.74, 6) is 0.0806. The highest BCUT2D eigenvalue weighted by molar-refractivity contribution is 5.26. The zero-order valence-corrected chi connectivity index (χ0v) is 11.2. The van der Waals surface area contributed by atoms with E-state index < -0.39 is 17.2 Å². The molecule has 0 amide bonds. The van der Waals surface area contributed by atoms with E-state index in [1.54, 1.807) is 6.07 Å². The monoisotopic (exact) mass is 275 g/mol. The molecule has 5 heteroatoms. The van der Waals surface area contributed by atoms with Gasteiger partial charge in [0.25, 0.3) is 0 Å². The molecule has 0 spiro atoms. The summed E-state index contributed by atoms with van der Waals surface area (Å²) in [7, 11) is 0. The maximum atomic E-state index is 12.6. The molecule has 0 aliphatic heterocycles. The van der Waals surface area contributed by atoms with Gasteiger partial charge in [-0.2, -0.15) is 13.2 Å². The first-order valence-electron chi connectivity index (χ1n) is 6.22. The molecule has 0 heterocycles. The summed E-state index contributed by atoms with van der Waals surface area (Å²) < 4.78 is 37.9. The molecule has 0 saturated heterocycles. The molecule has 1 atom stereocenters. The molecule has 3 N–H and O–H groups in total. The molecule has 0 aliphatic carbocycles. The van der Waals surface area contributed by atoms with Crippen LogP contribution in [0, 0.1) is 11.3 Å². The van der Waals surface area contributed by atoms with E-state index in [2.05, 4.69) is 0 Å². The van der Waals surface area contributed by atoms with Gasteiger partial charge in [0.1, 0.15) is 0 Å². The van der Waals surface area contributed by atoms with Gasteiger partial charge in [-0.1, -0.05) is 32.0 Å². The molecule has 0 bridgehead atoms. The van der Waals surface area contributed by atoms with E-state index in [0.29, 0.717) is 12.0 Å². The average Bonchev–Trinajstić information content (AvgIpc) is 2.35. The zero-order chi connectivity index (χ0) is 14.7. The number of benzene rings is 1. The van der Waals surface area contributed by atoms with Crippen molar-refractivity contribution in [1.29, 1.82) is 0 Å². The van der Waals surface area contributed by atoms with E-state index in [4.69, 9.17) is 5.73 Å². The fourth-order valence-electron chi connectivity index (χ4n) is 2.08. The lowest BCUT2D eigenvalue weighted by molar-refractivity contribution is -0.137. The minimum absolute atomic E-state index is 0.0806. The van der Waals surface area contributed by atoms with Crippen molar-refractivity contribution in [2.45, 2.75) is 26.4 Å². The van der Waals surface area contributed by atoms with Crippen LogP contribution in [-0.4, -0.2) is 18.3 Å². The predicted molar refractivity (Wildman–Crippen MR) is 68.6 cm³/mol. The van der Waals surface area contributed by atoms with Crippen molar-refractivity contribution in [3.8, 4) is 0 Å². The van der Waals surface area contributed by atoms with Crippen LogP contribution in [0.25, 0.3) is 0 Å². The Bertz CT molecular complexity index is 411. The Morgan fingerprint density at radius 1 is 1.26 bits per heavy atom. The van der Waals surface area contributed by atoms with Crippen LogP contribution >= 0.6 is 0 Å². The van der Waals surface area contributed by atoms with Crippen LogP contribution in [0.2, 0.25) is 0 Å².